The van der Waals surface area contributed by atoms with Crippen LogP contribution in [0.1, 0.15) is 27.8 Å². The third kappa shape index (κ3) is 5.40. The van der Waals surface area contributed by atoms with Gasteiger partial charge in [0.25, 0.3) is 0 Å². The lowest BCUT2D eigenvalue weighted by Gasteiger charge is -2.35. The van der Waals surface area contributed by atoms with Crippen LogP contribution in [0.25, 0.3) is 44.2 Å². The molecule has 0 radical (unpaired) electrons. The number of rotatable bonds is 7. The van der Waals surface area contributed by atoms with E-state index in [9.17, 15) is 0 Å². The van der Waals surface area contributed by atoms with Crippen LogP contribution in [0.15, 0.2) is 247 Å². The van der Waals surface area contributed by atoms with E-state index >= 15 is 0 Å². The van der Waals surface area contributed by atoms with Crippen molar-refractivity contribution in [2.45, 2.75) is 12.3 Å². The summed E-state index contributed by atoms with van der Waals surface area (Å²) in [6, 6.07) is 90.5. The molecule has 0 unspecified atom stereocenters. The highest BCUT2D eigenvalue weighted by Gasteiger charge is 2.49. The van der Waals surface area contributed by atoms with Crippen LogP contribution in [-0.4, -0.2) is 8.07 Å². The van der Waals surface area contributed by atoms with Crippen LogP contribution in [0, 0.1) is 6.92 Å². The van der Waals surface area contributed by atoms with Crippen molar-refractivity contribution >= 4 is 67.8 Å². The van der Waals surface area contributed by atoms with Crippen molar-refractivity contribution in [2.24, 2.45) is 0 Å². The van der Waals surface area contributed by atoms with Crippen molar-refractivity contribution < 1.29 is 4.42 Å². The summed E-state index contributed by atoms with van der Waals surface area (Å²) < 4.78 is 6.44. The Morgan fingerprint density at radius 1 is 0.369 bits per heavy atom. The molecular formula is C62H43NOSi. The van der Waals surface area contributed by atoms with Crippen molar-refractivity contribution in [3.63, 3.8) is 0 Å². The summed E-state index contributed by atoms with van der Waals surface area (Å²) in [6.07, 6.45) is 0. The Bertz CT molecular complexity index is 3540. The molecule has 0 spiro atoms. The lowest BCUT2D eigenvalue weighted by molar-refractivity contribution is 0.669. The summed E-state index contributed by atoms with van der Waals surface area (Å²) in [5, 5.41) is 7.84. The Kier molecular flexibility index (Phi) is 8.40. The molecule has 0 fully saturated rings. The van der Waals surface area contributed by atoms with Gasteiger partial charge in [-0.2, -0.15) is 0 Å². The number of nitrogens with zero attached hydrogens (tertiary/aromatic N) is 1. The SMILES string of the molecule is Cc1cc(N(c2ccc3c(c2)C(c2ccccc2)(c2ccccc2)c2ccccc2-3)c2ccc3oc4ccccc4c3c2)cc([Si]2(c3ccccc3)c3ccccc3-c3ccccc32)c1. The largest absolute Gasteiger partial charge is 0.456 e. The molecule has 3 heteroatoms. The van der Waals surface area contributed by atoms with E-state index in [1.807, 2.05) is 6.07 Å². The zero-order chi connectivity index (χ0) is 43.1. The van der Waals surface area contributed by atoms with Crippen molar-refractivity contribution in [1.29, 1.82) is 0 Å². The first kappa shape index (κ1) is 37.6. The molecule has 0 N–H and O–H groups in total. The normalized spacial score (nSPS) is 13.9. The maximum absolute atomic E-state index is 6.44. The van der Waals surface area contributed by atoms with E-state index in [1.54, 1.807) is 0 Å². The summed E-state index contributed by atoms with van der Waals surface area (Å²) >= 11 is 0. The number of furan rings is 1. The van der Waals surface area contributed by atoms with Crippen LogP contribution in [-0.2, 0) is 5.41 Å². The highest BCUT2D eigenvalue weighted by Crippen LogP contribution is 2.57. The minimum absolute atomic E-state index is 0.542. The van der Waals surface area contributed by atoms with Gasteiger partial charge in [-0.05, 0) is 126 Å². The summed E-state index contributed by atoms with van der Waals surface area (Å²) in [5.41, 5.74) is 16.0. The van der Waals surface area contributed by atoms with E-state index in [4.69, 9.17) is 4.42 Å². The second-order valence-electron chi connectivity index (χ2n) is 17.6. The predicted octanol–water partition coefficient (Wildman–Crippen LogP) is 13.1. The molecule has 2 aliphatic rings. The molecule has 65 heavy (non-hydrogen) atoms. The van der Waals surface area contributed by atoms with Crippen LogP contribution in [0.5, 0.6) is 0 Å². The fourth-order valence-electron chi connectivity index (χ4n) is 11.7. The second kappa shape index (κ2) is 14.5. The van der Waals surface area contributed by atoms with Crippen LogP contribution < -0.4 is 25.6 Å². The third-order valence-electron chi connectivity index (χ3n) is 14.2. The highest BCUT2D eigenvalue weighted by atomic mass is 28.3. The predicted molar refractivity (Wildman–Crippen MR) is 273 cm³/mol. The standard InChI is InChI=1S/C62H43NOSi/c1-42-37-47(39-49(38-42)65(48-23-9-4-10-24-48)60-31-17-13-27-53(60)54-28-14-18-32-61(54)65)63(45-34-36-59-55(40-45)52-26-12-16-30-58(52)64-59)46-33-35-51-50-25-11-15-29-56(50)62(57(51)41-46,43-19-5-2-6-20-43)44-21-7-3-8-22-44/h2-41H,1H3. The van der Waals surface area contributed by atoms with Gasteiger partial charge in [0, 0.05) is 27.8 Å². The molecule has 2 heterocycles. The lowest BCUT2D eigenvalue weighted by atomic mass is 9.67. The third-order valence-corrected chi connectivity index (χ3v) is 19.1. The summed E-state index contributed by atoms with van der Waals surface area (Å²) in [6.45, 7) is 2.27. The van der Waals surface area contributed by atoms with Gasteiger partial charge in [-0.3, -0.25) is 0 Å². The van der Waals surface area contributed by atoms with Gasteiger partial charge in [0.15, 0.2) is 8.07 Å². The Morgan fingerprint density at radius 3 is 1.62 bits per heavy atom. The van der Waals surface area contributed by atoms with Gasteiger partial charge in [0.2, 0.25) is 0 Å². The maximum Gasteiger partial charge on any atom is 0.180 e. The van der Waals surface area contributed by atoms with E-state index in [1.165, 1.54) is 70.8 Å². The number of aryl methyl sites for hydroxylation is 1. The monoisotopic (exact) mass is 845 g/mol. The van der Waals surface area contributed by atoms with Crippen molar-refractivity contribution in [3.8, 4) is 22.3 Å². The van der Waals surface area contributed by atoms with E-state index < -0.39 is 13.5 Å². The molecule has 1 aromatic heterocycles. The van der Waals surface area contributed by atoms with Crippen LogP contribution in [0.4, 0.5) is 17.1 Å². The number of fused-ring (bicyclic) bond motifs is 9. The first-order chi connectivity index (χ1) is 32.1. The van der Waals surface area contributed by atoms with Crippen LogP contribution >= 0.6 is 0 Å². The van der Waals surface area contributed by atoms with Crippen molar-refractivity contribution in [2.75, 3.05) is 4.90 Å². The molecule has 13 rings (SSSR count). The van der Waals surface area contributed by atoms with Gasteiger partial charge in [-0.1, -0.05) is 194 Å². The van der Waals surface area contributed by atoms with E-state index in [2.05, 4.69) is 248 Å². The van der Waals surface area contributed by atoms with Crippen molar-refractivity contribution in [3.05, 3.63) is 270 Å². The van der Waals surface area contributed by atoms with Crippen molar-refractivity contribution in [1.82, 2.24) is 0 Å². The molecule has 0 bridgehead atoms. The minimum Gasteiger partial charge on any atom is -0.456 e. The molecule has 2 nitrogen and oxygen atoms in total. The van der Waals surface area contributed by atoms with Gasteiger partial charge in [-0.15, -0.1) is 0 Å². The average Bonchev–Trinajstić information content (AvgIpc) is 3.99. The molecule has 11 aromatic rings. The summed E-state index contributed by atoms with van der Waals surface area (Å²) in [5.74, 6) is 0. The smallest absolute Gasteiger partial charge is 0.180 e. The van der Waals surface area contributed by atoms with Crippen LogP contribution in [0.3, 0.4) is 0 Å². The summed E-state index contributed by atoms with van der Waals surface area (Å²) in [7, 11) is -2.82. The Labute approximate surface area is 380 Å². The summed E-state index contributed by atoms with van der Waals surface area (Å²) in [4.78, 5) is 2.50. The quantitative estimate of drug-likeness (QED) is 0.149. The maximum atomic E-state index is 6.44. The van der Waals surface area contributed by atoms with Crippen LogP contribution in [0.2, 0.25) is 0 Å². The Balaban J connectivity index is 1.11. The highest BCUT2D eigenvalue weighted by molar-refractivity contribution is 7.22. The van der Waals surface area contributed by atoms with E-state index in [-0.39, 0.29) is 0 Å². The number of hydrogen-bond donors (Lipinski definition) is 0. The van der Waals surface area contributed by atoms with Gasteiger partial charge in [0.05, 0.1) is 5.41 Å². The molecule has 0 atom stereocenters. The Hall–Kier alpha value is -7.98. The first-order valence-electron chi connectivity index (χ1n) is 22.6. The number of para-hydroxylation sites is 1. The molecule has 1 aliphatic heterocycles. The van der Waals surface area contributed by atoms with E-state index in [0.717, 1.165) is 39.0 Å². The molecular weight excluding hydrogens is 803 g/mol. The second-order valence-corrected chi connectivity index (χ2v) is 21.4. The fourth-order valence-corrected chi connectivity index (χ4v) is 17.0. The molecule has 306 valence electrons. The first-order valence-corrected chi connectivity index (χ1v) is 24.6. The van der Waals surface area contributed by atoms with Gasteiger partial charge >= 0.3 is 0 Å². The topological polar surface area (TPSA) is 16.4 Å². The molecule has 0 amide bonds. The number of benzene rings is 10. The van der Waals surface area contributed by atoms with Gasteiger partial charge < -0.3 is 9.32 Å². The lowest BCUT2D eigenvalue weighted by Crippen LogP contribution is -2.72. The molecule has 0 saturated carbocycles. The molecule has 1 aliphatic carbocycles. The van der Waals surface area contributed by atoms with E-state index in [0.29, 0.717) is 0 Å². The Morgan fingerprint density at radius 2 is 0.908 bits per heavy atom. The average molecular weight is 846 g/mol. The van der Waals surface area contributed by atoms with Gasteiger partial charge in [-0.25, -0.2) is 0 Å². The zero-order valence-electron chi connectivity index (χ0n) is 35.9. The number of hydrogen-bond acceptors (Lipinski definition) is 2. The zero-order valence-corrected chi connectivity index (χ0v) is 36.9. The fraction of sp³-hybridized carbons (Fsp3) is 0.0323. The molecule has 10 aromatic carbocycles. The van der Waals surface area contributed by atoms with Gasteiger partial charge in [0.1, 0.15) is 11.2 Å². The minimum atomic E-state index is -2.82. The molecule has 0 saturated heterocycles. The number of anilines is 3.